The number of halogens is 1. The Kier molecular flexibility index (Phi) is 5.50. The number of aliphatic hydroxyl groups excluding tert-OH is 1. The molecule has 2 atom stereocenters. The van der Waals surface area contributed by atoms with E-state index in [1.165, 1.54) is 23.8 Å². The van der Waals surface area contributed by atoms with Gasteiger partial charge in [-0.05, 0) is 12.1 Å². The third kappa shape index (κ3) is 3.90. The van der Waals surface area contributed by atoms with E-state index in [9.17, 15) is 14.7 Å². The fraction of sp³-hybridized carbons (Fsp3) is 0.429. The highest BCUT2D eigenvalue weighted by Gasteiger charge is 2.39. The number of rotatable bonds is 4. The molecule has 0 bridgehead atoms. The van der Waals surface area contributed by atoms with E-state index in [1.54, 1.807) is 6.07 Å². The van der Waals surface area contributed by atoms with Crippen LogP contribution in [0.3, 0.4) is 0 Å². The van der Waals surface area contributed by atoms with E-state index in [0.29, 0.717) is 5.02 Å². The van der Waals surface area contributed by atoms with Gasteiger partial charge in [-0.1, -0.05) is 23.7 Å². The number of ether oxygens (including phenoxy) is 1. The monoisotopic (exact) mass is 329 g/mol. The van der Waals surface area contributed by atoms with Gasteiger partial charge >= 0.3 is 5.97 Å². The van der Waals surface area contributed by atoms with E-state index in [4.69, 9.17) is 11.6 Å². The number of likely N-dealkylation sites (tertiary alicyclic amines) is 1. The van der Waals surface area contributed by atoms with Crippen LogP contribution >= 0.6 is 23.4 Å². The molecule has 1 N–H and O–H groups in total. The first kappa shape index (κ1) is 16.1. The predicted octanol–water partition coefficient (Wildman–Crippen LogP) is 1.57. The summed E-state index contributed by atoms with van der Waals surface area (Å²) in [5.41, 5.74) is 0. The minimum atomic E-state index is -0.704. The van der Waals surface area contributed by atoms with Crippen molar-refractivity contribution in [2.24, 2.45) is 0 Å². The predicted molar refractivity (Wildman–Crippen MR) is 80.3 cm³/mol. The Bertz CT molecular complexity index is 539. The number of hydrogen-bond donors (Lipinski definition) is 1. The van der Waals surface area contributed by atoms with Crippen molar-refractivity contribution in [3.63, 3.8) is 0 Å². The lowest BCUT2D eigenvalue weighted by molar-refractivity contribution is -0.150. The molecule has 5 nitrogen and oxygen atoms in total. The summed E-state index contributed by atoms with van der Waals surface area (Å²) in [6.07, 6.45) is -0.474. The Morgan fingerprint density at radius 1 is 1.48 bits per heavy atom. The molecule has 2 rings (SSSR count). The number of thioether (sulfide) groups is 1. The summed E-state index contributed by atoms with van der Waals surface area (Å²) in [4.78, 5) is 26.1. The van der Waals surface area contributed by atoms with Crippen LogP contribution < -0.4 is 0 Å². The number of benzene rings is 1. The number of aliphatic hydroxyl groups is 1. The number of β-amino-alcohol motifs (C(OH)–C–C–N with tert-alkyl or cyclic N) is 1. The van der Waals surface area contributed by atoms with Crippen LogP contribution in [-0.4, -0.2) is 53.4 Å². The minimum Gasteiger partial charge on any atom is -0.467 e. The fourth-order valence-electron chi connectivity index (χ4n) is 2.23. The Labute approximate surface area is 132 Å². The molecular formula is C14H16ClNO4S. The van der Waals surface area contributed by atoms with Gasteiger partial charge in [0.1, 0.15) is 6.04 Å². The van der Waals surface area contributed by atoms with Crippen molar-refractivity contribution in [3.8, 4) is 0 Å². The first-order chi connectivity index (χ1) is 10.0. The second-order valence-electron chi connectivity index (χ2n) is 4.69. The van der Waals surface area contributed by atoms with E-state index in [0.717, 1.165) is 4.90 Å². The number of amides is 1. The summed E-state index contributed by atoms with van der Waals surface area (Å²) in [6, 6.07) is 6.54. The lowest BCUT2D eigenvalue weighted by Gasteiger charge is -2.22. The number of carbonyl (C=O) groups excluding carboxylic acids is 2. The van der Waals surface area contributed by atoms with Gasteiger partial charge in [-0.15, -0.1) is 11.8 Å². The van der Waals surface area contributed by atoms with Gasteiger partial charge in [-0.3, -0.25) is 4.79 Å². The Morgan fingerprint density at radius 2 is 2.19 bits per heavy atom. The van der Waals surface area contributed by atoms with Gasteiger partial charge in [0.2, 0.25) is 5.91 Å². The summed E-state index contributed by atoms with van der Waals surface area (Å²) >= 11 is 7.34. The molecule has 114 valence electrons. The Balaban J connectivity index is 1.99. The van der Waals surface area contributed by atoms with Crippen molar-refractivity contribution in [1.82, 2.24) is 4.90 Å². The molecule has 1 aromatic rings. The topological polar surface area (TPSA) is 66.8 Å². The van der Waals surface area contributed by atoms with Crippen molar-refractivity contribution < 1.29 is 19.4 Å². The Hall–Kier alpha value is -1.24. The molecule has 0 radical (unpaired) electrons. The molecule has 1 heterocycles. The van der Waals surface area contributed by atoms with E-state index in [-0.39, 0.29) is 24.6 Å². The molecule has 21 heavy (non-hydrogen) atoms. The summed E-state index contributed by atoms with van der Waals surface area (Å²) in [7, 11) is 1.27. The normalized spacial score (nSPS) is 21.4. The van der Waals surface area contributed by atoms with Gasteiger partial charge < -0.3 is 14.7 Å². The fourth-order valence-corrected chi connectivity index (χ4v) is 3.36. The van der Waals surface area contributed by atoms with Gasteiger partial charge in [0.25, 0.3) is 0 Å². The lowest BCUT2D eigenvalue weighted by atomic mass is 10.2. The first-order valence-electron chi connectivity index (χ1n) is 6.45. The van der Waals surface area contributed by atoms with Crippen molar-refractivity contribution in [2.45, 2.75) is 23.5 Å². The zero-order valence-electron chi connectivity index (χ0n) is 11.5. The van der Waals surface area contributed by atoms with Crippen LogP contribution in [0.2, 0.25) is 5.02 Å². The van der Waals surface area contributed by atoms with Gasteiger partial charge in [0.05, 0.1) is 24.0 Å². The lowest BCUT2D eigenvalue weighted by Crippen LogP contribution is -2.42. The maximum atomic E-state index is 12.2. The smallest absolute Gasteiger partial charge is 0.328 e. The molecule has 1 amide bonds. The molecule has 7 heteroatoms. The highest BCUT2D eigenvalue weighted by atomic mass is 35.5. The average Bonchev–Trinajstić information content (AvgIpc) is 2.87. The largest absolute Gasteiger partial charge is 0.467 e. The van der Waals surface area contributed by atoms with Crippen LogP contribution in [0.25, 0.3) is 0 Å². The second-order valence-corrected chi connectivity index (χ2v) is 6.12. The van der Waals surface area contributed by atoms with Crippen LogP contribution in [0, 0.1) is 0 Å². The highest BCUT2D eigenvalue weighted by molar-refractivity contribution is 8.00. The molecule has 1 aliphatic heterocycles. The maximum Gasteiger partial charge on any atom is 0.328 e. The van der Waals surface area contributed by atoms with Crippen LogP contribution in [0.15, 0.2) is 29.2 Å². The summed E-state index contributed by atoms with van der Waals surface area (Å²) < 4.78 is 4.67. The van der Waals surface area contributed by atoms with Crippen molar-refractivity contribution >= 4 is 35.2 Å². The molecule has 0 spiro atoms. The number of methoxy groups -OCH3 is 1. The van der Waals surface area contributed by atoms with Gasteiger partial charge in [0.15, 0.2) is 0 Å². The molecule has 2 unspecified atom stereocenters. The molecule has 0 aromatic heterocycles. The third-order valence-corrected chi connectivity index (χ3v) is 4.76. The Morgan fingerprint density at radius 3 is 2.86 bits per heavy atom. The van der Waals surface area contributed by atoms with Crippen LogP contribution in [0.1, 0.15) is 6.42 Å². The third-order valence-electron chi connectivity index (χ3n) is 3.26. The molecule has 0 saturated carbocycles. The van der Waals surface area contributed by atoms with E-state index < -0.39 is 18.1 Å². The quantitative estimate of drug-likeness (QED) is 0.671. The number of hydrogen-bond acceptors (Lipinski definition) is 5. The number of esters is 1. The standard InChI is InChI=1S/C14H16ClNO4S/c1-20-14(19)11-6-9(17)7-16(11)13(18)8-21-12-5-3-2-4-10(12)15/h2-5,9,11,17H,6-8H2,1H3. The van der Waals surface area contributed by atoms with E-state index in [2.05, 4.69) is 4.74 Å². The molecule has 1 aliphatic rings. The molecular weight excluding hydrogens is 314 g/mol. The zero-order valence-corrected chi connectivity index (χ0v) is 13.1. The average molecular weight is 330 g/mol. The number of carbonyl (C=O) groups is 2. The summed E-state index contributed by atoms with van der Waals surface area (Å²) in [5.74, 6) is -0.557. The van der Waals surface area contributed by atoms with Crippen LogP contribution in [-0.2, 0) is 14.3 Å². The van der Waals surface area contributed by atoms with Crippen molar-refractivity contribution in [3.05, 3.63) is 29.3 Å². The van der Waals surface area contributed by atoms with Crippen LogP contribution in [0.5, 0.6) is 0 Å². The second kappa shape index (κ2) is 7.15. The molecule has 1 saturated heterocycles. The van der Waals surface area contributed by atoms with Crippen molar-refractivity contribution in [2.75, 3.05) is 19.4 Å². The van der Waals surface area contributed by atoms with Crippen molar-refractivity contribution in [1.29, 1.82) is 0 Å². The summed E-state index contributed by atoms with van der Waals surface area (Å²) in [6.45, 7) is 0.154. The van der Waals surface area contributed by atoms with E-state index in [1.807, 2.05) is 18.2 Å². The van der Waals surface area contributed by atoms with Gasteiger partial charge in [-0.25, -0.2) is 4.79 Å². The molecule has 1 aromatic carbocycles. The molecule has 0 aliphatic carbocycles. The van der Waals surface area contributed by atoms with Crippen LogP contribution in [0.4, 0.5) is 0 Å². The SMILES string of the molecule is COC(=O)C1CC(O)CN1C(=O)CSc1ccccc1Cl. The maximum absolute atomic E-state index is 12.2. The van der Waals surface area contributed by atoms with Gasteiger partial charge in [0, 0.05) is 17.9 Å². The zero-order chi connectivity index (χ0) is 15.4. The minimum absolute atomic E-state index is 0.154. The van der Waals surface area contributed by atoms with E-state index >= 15 is 0 Å². The number of nitrogens with zero attached hydrogens (tertiary/aromatic N) is 1. The summed E-state index contributed by atoms with van der Waals surface area (Å²) in [5, 5.41) is 10.2. The van der Waals surface area contributed by atoms with Gasteiger partial charge in [-0.2, -0.15) is 0 Å². The molecule has 1 fully saturated rings. The first-order valence-corrected chi connectivity index (χ1v) is 7.82. The highest BCUT2D eigenvalue weighted by Crippen LogP contribution is 2.28.